The van der Waals surface area contributed by atoms with Crippen LogP contribution in [0.3, 0.4) is 0 Å². The molecule has 1 aromatic carbocycles. The van der Waals surface area contributed by atoms with E-state index in [4.69, 9.17) is 0 Å². The van der Waals surface area contributed by atoms with E-state index in [2.05, 4.69) is 5.32 Å². The van der Waals surface area contributed by atoms with Crippen molar-refractivity contribution in [3.05, 3.63) is 34.2 Å². The third-order valence-electron chi connectivity index (χ3n) is 2.16. The molecular weight excluding hydrogens is 250 g/mol. The number of phenolic OH excluding ortho intramolecular Hbond substituents is 1. The molecule has 0 radical (unpaired) electrons. The molecular formula is C13H15NO3S. The minimum atomic E-state index is -0.374. The van der Waals surface area contributed by atoms with Gasteiger partial charge in [-0.15, -0.1) is 0 Å². The zero-order chi connectivity index (χ0) is 13.7. The van der Waals surface area contributed by atoms with Crippen LogP contribution in [-0.2, 0) is 4.79 Å². The predicted molar refractivity (Wildman–Crippen MR) is 73.3 cm³/mol. The van der Waals surface area contributed by atoms with Gasteiger partial charge in [0.15, 0.2) is 0 Å². The van der Waals surface area contributed by atoms with Gasteiger partial charge in [-0.1, -0.05) is 19.9 Å². The molecule has 1 saturated heterocycles. The van der Waals surface area contributed by atoms with Crippen molar-refractivity contribution in [1.29, 1.82) is 0 Å². The Labute approximate surface area is 110 Å². The van der Waals surface area contributed by atoms with E-state index < -0.39 is 0 Å². The number of nitrogens with one attached hydrogen (secondary N) is 1. The smallest absolute Gasteiger partial charge is 0.290 e. The first kappa shape index (κ1) is 14.3. The summed E-state index contributed by atoms with van der Waals surface area (Å²) >= 11 is 0.878. The van der Waals surface area contributed by atoms with Crippen LogP contribution < -0.4 is 5.32 Å². The molecule has 0 unspecified atom stereocenters. The van der Waals surface area contributed by atoms with E-state index in [0.29, 0.717) is 4.91 Å². The lowest BCUT2D eigenvalue weighted by molar-refractivity contribution is -0.115. The van der Waals surface area contributed by atoms with Crippen molar-refractivity contribution in [3.8, 4) is 5.75 Å². The van der Waals surface area contributed by atoms with Gasteiger partial charge in [-0.25, -0.2) is 0 Å². The quantitative estimate of drug-likeness (QED) is 0.766. The van der Waals surface area contributed by atoms with Crippen LogP contribution in [0.15, 0.2) is 23.1 Å². The molecule has 0 saturated carbocycles. The molecule has 18 heavy (non-hydrogen) atoms. The zero-order valence-corrected chi connectivity index (χ0v) is 11.3. The van der Waals surface area contributed by atoms with Crippen LogP contribution in [0.5, 0.6) is 5.75 Å². The number of hydrogen-bond donors (Lipinski definition) is 2. The summed E-state index contributed by atoms with van der Waals surface area (Å²) in [6.07, 6.45) is 1.62. The van der Waals surface area contributed by atoms with Gasteiger partial charge in [0.05, 0.1) is 4.91 Å². The highest BCUT2D eigenvalue weighted by atomic mass is 32.2. The molecule has 1 fully saturated rings. The molecule has 0 atom stereocenters. The monoisotopic (exact) mass is 265 g/mol. The fourth-order valence-corrected chi connectivity index (χ4v) is 2.02. The number of rotatable bonds is 1. The SMILES string of the molecule is CC.Cc1cc(/C=C2\SC(=O)NC2=O)ccc1O. The molecule has 1 aliphatic heterocycles. The number of hydrogen-bond acceptors (Lipinski definition) is 4. The summed E-state index contributed by atoms with van der Waals surface area (Å²) in [5, 5.41) is 11.2. The second kappa shape index (κ2) is 6.26. The summed E-state index contributed by atoms with van der Waals surface area (Å²) < 4.78 is 0. The molecule has 96 valence electrons. The molecule has 0 aromatic heterocycles. The van der Waals surface area contributed by atoms with Crippen LogP contribution in [0.4, 0.5) is 4.79 Å². The summed E-state index contributed by atoms with van der Waals surface area (Å²) in [6.45, 7) is 5.77. The summed E-state index contributed by atoms with van der Waals surface area (Å²) in [6, 6.07) is 4.99. The van der Waals surface area contributed by atoms with Crippen LogP contribution in [0.2, 0.25) is 0 Å². The fraction of sp³-hybridized carbons (Fsp3) is 0.231. The Kier molecular flexibility index (Phi) is 4.97. The maximum atomic E-state index is 11.3. The van der Waals surface area contributed by atoms with E-state index in [0.717, 1.165) is 22.9 Å². The Morgan fingerprint density at radius 1 is 1.28 bits per heavy atom. The van der Waals surface area contributed by atoms with Crippen molar-refractivity contribution in [2.75, 3.05) is 0 Å². The number of thioether (sulfide) groups is 1. The molecule has 1 aliphatic rings. The van der Waals surface area contributed by atoms with E-state index in [1.165, 1.54) is 0 Å². The number of aryl methyl sites for hydroxylation is 1. The molecule has 5 heteroatoms. The summed E-state index contributed by atoms with van der Waals surface area (Å²) in [5.41, 5.74) is 1.51. The van der Waals surface area contributed by atoms with Crippen molar-refractivity contribution in [2.45, 2.75) is 20.8 Å². The Morgan fingerprint density at radius 2 is 1.94 bits per heavy atom. The summed E-state index contributed by atoms with van der Waals surface area (Å²) in [5.74, 6) is -0.164. The molecule has 1 aromatic rings. The third-order valence-corrected chi connectivity index (χ3v) is 2.97. The maximum Gasteiger partial charge on any atom is 0.290 e. The van der Waals surface area contributed by atoms with E-state index >= 15 is 0 Å². The van der Waals surface area contributed by atoms with Gasteiger partial charge in [-0.05, 0) is 48.0 Å². The number of imide groups is 1. The maximum absolute atomic E-state index is 11.3. The largest absolute Gasteiger partial charge is 0.508 e. The van der Waals surface area contributed by atoms with Crippen molar-refractivity contribution >= 4 is 29.0 Å². The van der Waals surface area contributed by atoms with Gasteiger partial charge < -0.3 is 5.11 Å². The number of carbonyl (C=O) groups is 2. The Hall–Kier alpha value is -1.75. The van der Waals surface area contributed by atoms with Crippen molar-refractivity contribution in [3.63, 3.8) is 0 Å². The standard InChI is InChI=1S/C11H9NO3S.C2H6/c1-6-4-7(2-3-8(6)13)5-9-10(14)12-11(15)16-9;1-2/h2-5,13H,1H3,(H,12,14,15);1-2H3/b9-5-;. The lowest BCUT2D eigenvalue weighted by Crippen LogP contribution is -2.17. The Balaban J connectivity index is 0.000000771. The van der Waals surface area contributed by atoms with Gasteiger partial charge in [0.1, 0.15) is 5.75 Å². The zero-order valence-electron chi connectivity index (χ0n) is 10.5. The molecule has 4 nitrogen and oxygen atoms in total. The average molecular weight is 265 g/mol. The Bertz CT molecular complexity index is 509. The van der Waals surface area contributed by atoms with Gasteiger partial charge in [0, 0.05) is 0 Å². The van der Waals surface area contributed by atoms with Gasteiger partial charge >= 0.3 is 0 Å². The highest BCUT2D eigenvalue weighted by Crippen LogP contribution is 2.26. The van der Waals surface area contributed by atoms with Crippen LogP contribution >= 0.6 is 11.8 Å². The average Bonchev–Trinajstić information content (AvgIpc) is 2.65. The number of phenols is 1. The van der Waals surface area contributed by atoms with Crippen molar-refractivity contribution in [2.24, 2.45) is 0 Å². The topological polar surface area (TPSA) is 66.4 Å². The predicted octanol–water partition coefficient (Wildman–Crippen LogP) is 3.05. The number of aromatic hydroxyl groups is 1. The molecule has 0 spiro atoms. The van der Waals surface area contributed by atoms with Gasteiger partial charge in [0.2, 0.25) is 0 Å². The van der Waals surface area contributed by atoms with Crippen LogP contribution in [0, 0.1) is 6.92 Å². The van der Waals surface area contributed by atoms with Crippen LogP contribution in [0.25, 0.3) is 6.08 Å². The van der Waals surface area contributed by atoms with Crippen molar-refractivity contribution in [1.82, 2.24) is 5.32 Å². The fourth-order valence-electron chi connectivity index (χ4n) is 1.34. The number of carbonyl (C=O) groups excluding carboxylic acids is 2. The van der Waals surface area contributed by atoms with Crippen molar-refractivity contribution < 1.29 is 14.7 Å². The first-order valence-corrected chi connectivity index (χ1v) is 6.42. The van der Waals surface area contributed by atoms with E-state index in [1.807, 2.05) is 13.8 Å². The highest BCUT2D eigenvalue weighted by Gasteiger charge is 2.24. The minimum absolute atomic E-state index is 0.210. The molecule has 2 rings (SSSR count). The molecule has 0 bridgehead atoms. The number of benzene rings is 1. The molecule has 2 amide bonds. The van der Waals surface area contributed by atoms with Gasteiger partial charge in [-0.3, -0.25) is 14.9 Å². The molecule has 1 heterocycles. The first-order chi connectivity index (χ1) is 8.56. The first-order valence-electron chi connectivity index (χ1n) is 5.61. The number of amides is 2. The van der Waals surface area contributed by atoms with Crippen LogP contribution in [0.1, 0.15) is 25.0 Å². The highest BCUT2D eigenvalue weighted by molar-refractivity contribution is 8.18. The summed E-state index contributed by atoms with van der Waals surface area (Å²) in [7, 11) is 0. The lowest BCUT2D eigenvalue weighted by atomic mass is 10.1. The third kappa shape index (κ3) is 3.37. The second-order valence-electron chi connectivity index (χ2n) is 3.40. The lowest BCUT2D eigenvalue weighted by Gasteiger charge is -2.00. The molecule has 2 N–H and O–H groups in total. The van der Waals surface area contributed by atoms with Crippen LogP contribution in [-0.4, -0.2) is 16.3 Å². The summed E-state index contributed by atoms with van der Waals surface area (Å²) in [4.78, 5) is 22.6. The van der Waals surface area contributed by atoms with Gasteiger partial charge in [0.25, 0.3) is 11.1 Å². The van der Waals surface area contributed by atoms with Gasteiger partial charge in [-0.2, -0.15) is 0 Å². The minimum Gasteiger partial charge on any atom is -0.508 e. The normalized spacial score (nSPS) is 16.3. The molecule has 0 aliphatic carbocycles. The second-order valence-corrected chi connectivity index (χ2v) is 4.41. The van der Waals surface area contributed by atoms with E-state index in [-0.39, 0.29) is 16.9 Å². The Morgan fingerprint density at radius 3 is 2.44 bits per heavy atom. The van der Waals surface area contributed by atoms with E-state index in [9.17, 15) is 14.7 Å². The van der Waals surface area contributed by atoms with E-state index in [1.54, 1.807) is 31.2 Å².